The normalized spacial score (nSPS) is 27.0. The molecule has 0 aromatic heterocycles. The monoisotopic (exact) mass is 260 g/mol. The van der Waals surface area contributed by atoms with Gasteiger partial charge in [0.05, 0.1) is 12.2 Å². The van der Waals surface area contributed by atoms with Crippen molar-refractivity contribution in [3.8, 4) is 5.75 Å². The first-order valence-corrected chi connectivity index (χ1v) is 7.39. The number of hydrogen-bond donors (Lipinski definition) is 0. The van der Waals surface area contributed by atoms with Crippen molar-refractivity contribution >= 4 is 5.78 Å². The molecule has 1 aliphatic rings. The van der Waals surface area contributed by atoms with Crippen molar-refractivity contribution in [1.82, 2.24) is 0 Å². The van der Waals surface area contributed by atoms with Crippen LogP contribution in [-0.4, -0.2) is 12.4 Å². The second-order valence-corrected chi connectivity index (χ2v) is 5.76. The smallest absolute Gasteiger partial charge is 0.169 e. The highest BCUT2D eigenvalue weighted by Crippen LogP contribution is 2.36. The molecule has 1 aromatic rings. The number of para-hydroxylation sites is 1. The average molecular weight is 260 g/mol. The van der Waals surface area contributed by atoms with Gasteiger partial charge in [-0.15, -0.1) is 0 Å². The summed E-state index contributed by atoms with van der Waals surface area (Å²) in [7, 11) is 0. The van der Waals surface area contributed by atoms with Crippen LogP contribution in [0.3, 0.4) is 0 Å². The molecule has 1 saturated carbocycles. The van der Waals surface area contributed by atoms with E-state index in [1.165, 1.54) is 0 Å². The fraction of sp³-hybridized carbons (Fsp3) is 0.588. The molecule has 104 valence electrons. The molecule has 2 heteroatoms. The van der Waals surface area contributed by atoms with Crippen molar-refractivity contribution in [1.29, 1.82) is 0 Å². The van der Waals surface area contributed by atoms with Crippen LogP contribution in [0.5, 0.6) is 5.75 Å². The highest BCUT2D eigenvalue weighted by atomic mass is 16.5. The maximum Gasteiger partial charge on any atom is 0.169 e. The largest absolute Gasteiger partial charge is 0.493 e. The van der Waals surface area contributed by atoms with Gasteiger partial charge in [-0.1, -0.05) is 26.0 Å². The molecule has 1 aromatic carbocycles. The summed E-state index contributed by atoms with van der Waals surface area (Å²) in [4.78, 5) is 12.7. The van der Waals surface area contributed by atoms with Gasteiger partial charge in [0.25, 0.3) is 0 Å². The Morgan fingerprint density at radius 1 is 1.21 bits per heavy atom. The first-order valence-electron chi connectivity index (χ1n) is 7.39. The zero-order valence-corrected chi connectivity index (χ0v) is 12.2. The molecule has 0 spiro atoms. The van der Waals surface area contributed by atoms with Crippen LogP contribution in [0.2, 0.25) is 0 Å². The van der Waals surface area contributed by atoms with Crippen molar-refractivity contribution in [3.05, 3.63) is 29.8 Å². The quantitative estimate of drug-likeness (QED) is 0.753. The van der Waals surface area contributed by atoms with Crippen LogP contribution in [-0.2, 0) is 0 Å². The number of rotatable bonds is 4. The van der Waals surface area contributed by atoms with Gasteiger partial charge in [-0.2, -0.15) is 0 Å². The number of benzene rings is 1. The van der Waals surface area contributed by atoms with Crippen LogP contribution in [0.4, 0.5) is 0 Å². The van der Waals surface area contributed by atoms with Gasteiger partial charge in [0, 0.05) is 5.92 Å². The molecule has 0 amide bonds. The fourth-order valence-corrected chi connectivity index (χ4v) is 2.96. The van der Waals surface area contributed by atoms with E-state index in [1.54, 1.807) is 0 Å². The van der Waals surface area contributed by atoms with Gasteiger partial charge < -0.3 is 4.74 Å². The summed E-state index contributed by atoms with van der Waals surface area (Å²) in [6.07, 6.45) is 3.19. The molecule has 2 rings (SSSR count). The second kappa shape index (κ2) is 6.23. The third-order valence-corrected chi connectivity index (χ3v) is 4.42. The number of carbonyl (C=O) groups is 1. The predicted octanol–water partition coefficient (Wildman–Crippen LogP) is 4.34. The van der Waals surface area contributed by atoms with Crippen LogP contribution >= 0.6 is 0 Å². The minimum atomic E-state index is 0.174. The molecular weight excluding hydrogens is 236 g/mol. The van der Waals surface area contributed by atoms with Crippen LogP contribution in [0, 0.1) is 17.8 Å². The van der Waals surface area contributed by atoms with Crippen molar-refractivity contribution in [2.45, 2.75) is 40.0 Å². The fourth-order valence-electron chi connectivity index (χ4n) is 2.96. The molecule has 2 nitrogen and oxygen atoms in total. The molecule has 0 N–H and O–H groups in total. The summed E-state index contributed by atoms with van der Waals surface area (Å²) in [6, 6.07) is 7.64. The van der Waals surface area contributed by atoms with Gasteiger partial charge in [0.1, 0.15) is 5.75 Å². The van der Waals surface area contributed by atoms with Gasteiger partial charge in [0.2, 0.25) is 0 Å². The van der Waals surface area contributed by atoms with Crippen LogP contribution < -0.4 is 4.74 Å². The molecule has 0 radical (unpaired) electrons. The van der Waals surface area contributed by atoms with E-state index < -0.39 is 0 Å². The molecule has 0 heterocycles. The Balaban J connectivity index is 2.15. The van der Waals surface area contributed by atoms with Crippen molar-refractivity contribution in [2.75, 3.05) is 6.61 Å². The van der Waals surface area contributed by atoms with E-state index >= 15 is 0 Å². The summed E-state index contributed by atoms with van der Waals surface area (Å²) < 4.78 is 5.58. The van der Waals surface area contributed by atoms with E-state index in [2.05, 4.69) is 13.8 Å². The molecular formula is C17H24O2. The SMILES string of the molecule is CCOc1ccccc1C(=O)C1CCC(C)C(C)C1. The molecule has 19 heavy (non-hydrogen) atoms. The van der Waals surface area contributed by atoms with Crippen LogP contribution in [0.1, 0.15) is 50.4 Å². The van der Waals surface area contributed by atoms with Crippen molar-refractivity contribution in [2.24, 2.45) is 17.8 Å². The van der Waals surface area contributed by atoms with E-state index in [-0.39, 0.29) is 11.7 Å². The minimum Gasteiger partial charge on any atom is -0.493 e. The summed E-state index contributed by atoms with van der Waals surface area (Å²) in [5.74, 6) is 2.56. The van der Waals surface area contributed by atoms with Gasteiger partial charge in [-0.3, -0.25) is 4.79 Å². The van der Waals surface area contributed by atoms with Gasteiger partial charge >= 0.3 is 0 Å². The Hall–Kier alpha value is -1.31. The number of carbonyl (C=O) groups excluding carboxylic acids is 1. The van der Waals surface area contributed by atoms with E-state index in [1.807, 2.05) is 31.2 Å². The highest BCUT2D eigenvalue weighted by Gasteiger charge is 2.30. The van der Waals surface area contributed by atoms with E-state index in [4.69, 9.17) is 4.74 Å². The summed E-state index contributed by atoms with van der Waals surface area (Å²) >= 11 is 0. The standard InChI is InChI=1S/C17H24O2/c1-4-19-16-8-6-5-7-15(16)17(18)14-10-9-12(2)13(3)11-14/h5-8,12-14H,4,9-11H2,1-3H3. The lowest BCUT2D eigenvalue weighted by molar-refractivity contribution is 0.0834. The maximum atomic E-state index is 12.7. The zero-order valence-electron chi connectivity index (χ0n) is 12.2. The van der Waals surface area contributed by atoms with Crippen molar-refractivity contribution < 1.29 is 9.53 Å². The third-order valence-electron chi connectivity index (χ3n) is 4.42. The van der Waals surface area contributed by atoms with Crippen LogP contribution in [0.15, 0.2) is 24.3 Å². The molecule has 3 atom stereocenters. The summed E-state index contributed by atoms with van der Waals surface area (Å²) in [5, 5.41) is 0. The maximum absolute atomic E-state index is 12.7. The first kappa shape index (κ1) is 14.1. The Morgan fingerprint density at radius 3 is 2.63 bits per heavy atom. The zero-order chi connectivity index (χ0) is 13.8. The lowest BCUT2D eigenvalue weighted by atomic mass is 9.73. The molecule has 1 aliphatic carbocycles. The van der Waals surface area contributed by atoms with E-state index in [0.717, 1.165) is 36.5 Å². The van der Waals surface area contributed by atoms with E-state index in [9.17, 15) is 4.79 Å². The lowest BCUT2D eigenvalue weighted by Crippen LogP contribution is -2.26. The van der Waals surface area contributed by atoms with Gasteiger partial charge in [0.15, 0.2) is 5.78 Å². The predicted molar refractivity (Wildman–Crippen MR) is 77.6 cm³/mol. The highest BCUT2D eigenvalue weighted by molar-refractivity contribution is 6.00. The average Bonchev–Trinajstić information content (AvgIpc) is 2.42. The van der Waals surface area contributed by atoms with Gasteiger partial charge in [-0.05, 0) is 50.2 Å². The first-order chi connectivity index (χ1) is 9.13. The molecule has 0 aliphatic heterocycles. The second-order valence-electron chi connectivity index (χ2n) is 5.76. The summed E-state index contributed by atoms with van der Waals surface area (Å²) in [5.41, 5.74) is 0.760. The summed E-state index contributed by atoms with van der Waals surface area (Å²) in [6.45, 7) is 7.10. The Morgan fingerprint density at radius 2 is 1.95 bits per heavy atom. The number of Topliss-reactive ketones (excluding diaryl/α,β-unsaturated/α-hetero) is 1. The molecule has 0 bridgehead atoms. The molecule has 3 unspecified atom stereocenters. The third kappa shape index (κ3) is 3.17. The number of ketones is 1. The van der Waals surface area contributed by atoms with Gasteiger partial charge in [-0.25, -0.2) is 0 Å². The molecule has 1 fully saturated rings. The van der Waals surface area contributed by atoms with Crippen molar-refractivity contribution in [3.63, 3.8) is 0 Å². The number of ether oxygens (including phenoxy) is 1. The minimum absolute atomic E-state index is 0.174. The van der Waals surface area contributed by atoms with E-state index in [0.29, 0.717) is 12.5 Å². The Labute approximate surface area is 116 Å². The molecule has 0 saturated heterocycles. The lowest BCUT2D eigenvalue weighted by Gasteiger charge is -2.31. The topological polar surface area (TPSA) is 26.3 Å². The van der Waals surface area contributed by atoms with Crippen LogP contribution in [0.25, 0.3) is 0 Å². The number of hydrogen-bond acceptors (Lipinski definition) is 2. The Kier molecular flexibility index (Phi) is 4.62. The Bertz CT molecular complexity index is 439.